The van der Waals surface area contributed by atoms with Gasteiger partial charge in [-0.2, -0.15) is 0 Å². The van der Waals surface area contributed by atoms with Gasteiger partial charge in [0.2, 0.25) is 0 Å². The van der Waals surface area contributed by atoms with Crippen molar-refractivity contribution in [3.05, 3.63) is 70.6 Å². The van der Waals surface area contributed by atoms with Gasteiger partial charge in [0.1, 0.15) is 17.1 Å². The van der Waals surface area contributed by atoms with E-state index in [9.17, 15) is 9.59 Å². The predicted molar refractivity (Wildman–Crippen MR) is 105 cm³/mol. The van der Waals surface area contributed by atoms with Gasteiger partial charge in [-0.1, -0.05) is 12.1 Å². The zero-order valence-electron chi connectivity index (χ0n) is 15.6. The van der Waals surface area contributed by atoms with E-state index < -0.39 is 5.63 Å². The summed E-state index contributed by atoms with van der Waals surface area (Å²) in [5.41, 5.74) is 1.07. The Kier molecular flexibility index (Phi) is 5.02. The number of carbonyl (C=O) groups excluding carboxylic acids is 1. The van der Waals surface area contributed by atoms with Crippen molar-refractivity contribution < 1.29 is 18.7 Å². The van der Waals surface area contributed by atoms with Crippen LogP contribution >= 0.6 is 0 Å². The highest BCUT2D eigenvalue weighted by Crippen LogP contribution is 2.29. The molecule has 1 aliphatic rings. The highest BCUT2D eigenvalue weighted by atomic mass is 16.5. The van der Waals surface area contributed by atoms with E-state index >= 15 is 0 Å². The molecule has 0 bridgehead atoms. The molecule has 0 spiro atoms. The molecule has 0 N–H and O–H groups in total. The predicted octanol–water partition coefficient (Wildman–Crippen LogP) is 3.37. The molecule has 6 heteroatoms. The van der Waals surface area contributed by atoms with Gasteiger partial charge in [-0.3, -0.25) is 4.79 Å². The van der Waals surface area contributed by atoms with Crippen molar-refractivity contribution in [2.75, 3.05) is 13.7 Å². The van der Waals surface area contributed by atoms with E-state index in [1.54, 1.807) is 31.4 Å². The fourth-order valence-electron chi connectivity index (χ4n) is 3.09. The van der Waals surface area contributed by atoms with Crippen molar-refractivity contribution in [2.24, 2.45) is 0 Å². The van der Waals surface area contributed by atoms with E-state index in [1.165, 1.54) is 6.07 Å². The van der Waals surface area contributed by atoms with Gasteiger partial charge in [-0.15, -0.1) is 0 Å². The van der Waals surface area contributed by atoms with E-state index in [2.05, 4.69) is 0 Å². The Labute approximate surface area is 162 Å². The van der Waals surface area contributed by atoms with Crippen LogP contribution in [0.1, 0.15) is 18.4 Å². The van der Waals surface area contributed by atoms with Crippen molar-refractivity contribution in [1.29, 1.82) is 0 Å². The second kappa shape index (κ2) is 7.76. The summed E-state index contributed by atoms with van der Waals surface area (Å²) in [6, 6.07) is 16.3. The van der Waals surface area contributed by atoms with Gasteiger partial charge < -0.3 is 18.8 Å². The van der Waals surface area contributed by atoms with Crippen molar-refractivity contribution in [3.8, 4) is 11.5 Å². The molecule has 0 radical (unpaired) electrons. The standard InChI is InChI=1S/C22H21NO5/c1-26-18-8-2-15(3-9-18)13-23(17-6-7-17)21(24)14-27-19-10-4-16-5-11-22(25)28-20(16)12-19/h2-5,8-12,17H,6-7,13-14H2,1H3. The first-order valence-corrected chi connectivity index (χ1v) is 9.21. The Morgan fingerprint density at radius 1 is 1.07 bits per heavy atom. The zero-order chi connectivity index (χ0) is 19.5. The lowest BCUT2D eigenvalue weighted by Crippen LogP contribution is -2.36. The molecule has 1 amide bonds. The summed E-state index contributed by atoms with van der Waals surface area (Å²) < 4.78 is 16.0. The van der Waals surface area contributed by atoms with Crippen LogP contribution in [-0.4, -0.2) is 30.6 Å². The Balaban J connectivity index is 1.42. The summed E-state index contributed by atoms with van der Waals surface area (Å²) in [5, 5.41) is 0.803. The largest absolute Gasteiger partial charge is 0.497 e. The summed E-state index contributed by atoms with van der Waals surface area (Å²) in [6.45, 7) is 0.485. The molecule has 144 valence electrons. The van der Waals surface area contributed by atoms with E-state index in [4.69, 9.17) is 13.9 Å². The summed E-state index contributed by atoms with van der Waals surface area (Å²) in [7, 11) is 1.63. The summed E-state index contributed by atoms with van der Waals surface area (Å²) in [5.74, 6) is 1.22. The van der Waals surface area contributed by atoms with Crippen LogP contribution in [0.25, 0.3) is 11.0 Å². The number of hydrogen-bond acceptors (Lipinski definition) is 5. The molecule has 0 unspecified atom stereocenters. The number of ether oxygens (including phenoxy) is 2. The monoisotopic (exact) mass is 379 g/mol. The number of hydrogen-bond donors (Lipinski definition) is 0. The van der Waals surface area contributed by atoms with Gasteiger partial charge in [-0.25, -0.2) is 4.79 Å². The van der Waals surface area contributed by atoms with Crippen LogP contribution in [0.15, 0.2) is 63.8 Å². The molecule has 1 heterocycles. The van der Waals surface area contributed by atoms with E-state index in [0.717, 1.165) is 29.5 Å². The maximum Gasteiger partial charge on any atom is 0.336 e. The SMILES string of the molecule is COc1ccc(CN(C(=O)COc2ccc3ccc(=O)oc3c2)C2CC2)cc1. The van der Waals surface area contributed by atoms with Crippen molar-refractivity contribution in [3.63, 3.8) is 0 Å². The molecule has 3 aromatic rings. The molecule has 1 aliphatic carbocycles. The fourth-order valence-corrected chi connectivity index (χ4v) is 3.09. The van der Waals surface area contributed by atoms with Crippen molar-refractivity contribution in [2.45, 2.75) is 25.4 Å². The van der Waals surface area contributed by atoms with E-state index in [-0.39, 0.29) is 18.6 Å². The van der Waals surface area contributed by atoms with Gasteiger partial charge in [0.05, 0.1) is 7.11 Å². The molecule has 0 aliphatic heterocycles. The maximum atomic E-state index is 12.7. The minimum atomic E-state index is -0.417. The quantitative estimate of drug-likeness (QED) is 0.589. The van der Waals surface area contributed by atoms with Gasteiger partial charge in [0, 0.05) is 30.1 Å². The molecule has 0 atom stereocenters. The van der Waals surface area contributed by atoms with Gasteiger partial charge in [0.25, 0.3) is 5.91 Å². The van der Waals surface area contributed by atoms with Crippen LogP contribution < -0.4 is 15.1 Å². The Morgan fingerprint density at radius 2 is 1.79 bits per heavy atom. The molecular formula is C22H21NO5. The number of rotatable bonds is 7. The average Bonchev–Trinajstić information content (AvgIpc) is 3.55. The topological polar surface area (TPSA) is 69.0 Å². The second-order valence-electron chi connectivity index (χ2n) is 6.84. The van der Waals surface area contributed by atoms with Crippen LogP contribution in [0.5, 0.6) is 11.5 Å². The maximum absolute atomic E-state index is 12.7. The second-order valence-corrected chi connectivity index (χ2v) is 6.84. The zero-order valence-corrected chi connectivity index (χ0v) is 15.6. The number of benzene rings is 2. The number of methoxy groups -OCH3 is 1. The van der Waals surface area contributed by atoms with Crippen molar-refractivity contribution in [1.82, 2.24) is 4.90 Å². The average molecular weight is 379 g/mol. The van der Waals surface area contributed by atoms with Gasteiger partial charge >= 0.3 is 5.63 Å². The lowest BCUT2D eigenvalue weighted by atomic mass is 10.2. The van der Waals surface area contributed by atoms with Gasteiger partial charge in [-0.05, 0) is 48.7 Å². The third-order valence-electron chi connectivity index (χ3n) is 4.78. The minimum absolute atomic E-state index is 0.0603. The molecule has 1 saturated carbocycles. The Hall–Kier alpha value is -3.28. The molecule has 0 saturated heterocycles. The number of nitrogens with zero attached hydrogens (tertiary/aromatic N) is 1. The third-order valence-corrected chi connectivity index (χ3v) is 4.78. The Bertz CT molecular complexity index is 1040. The van der Waals surface area contributed by atoms with Crippen LogP contribution in [0.4, 0.5) is 0 Å². The van der Waals surface area contributed by atoms with Crippen LogP contribution in [0.3, 0.4) is 0 Å². The van der Waals surface area contributed by atoms with Gasteiger partial charge in [0.15, 0.2) is 6.61 Å². The summed E-state index contributed by atoms with van der Waals surface area (Å²) >= 11 is 0. The Morgan fingerprint density at radius 3 is 2.50 bits per heavy atom. The molecule has 6 nitrogen and oxygen atoms in total. The van der Waals surface area contributed by atoms with E-state index in [1.807, 2.05) is 29.2 Å². The molecule has 2 aromatic carbocycles. The molecule has 28 heavy (non-hydrogen) atoms. The smallest absolute Gasteiger partial charge is 0.336 e. The number of amides is 1. The molecule has 4 rings (SSSR count). The summed E-state index contributed by atoms with van der Waals surface area (Å²) in [6.07, 6.45) is 2.03. The van der Waals surface area contributed by atoms with Crippen LogP contribution in [0, 0.1) is 0 Å². The summed E-state index contributed by atoms with van der Waals surface area (Å²) in [4.78, 5) is 26.0. The van der Waals surface area contributed by atoms with Crippen molar-refractivity contribution >= 4 is 16.9 Å². The normalized spacial score (nSPS) is 13.3. The highest BCUT2D eigenvalue weighted by Gasteiger charge is 2.32. The molecular weight excluding hydrogens is 358 g/mol. The fraction of sp³-hybridized carbons (Fsp3) is 0.273. The number of fused-ring (bicyclic) bond motifs is 1. The molecule has 1 fully saturated rings. The molecule has 1 aromatic heterocycles. The highest BCUT2D eigenvalue weighted by molar-refractivity contribution is 5.80. The van der Waals surface area contributed by atoms with E-state index in [0.29, 0.717) is 17.9 Å². The number of carbonyl (C=O) groups is 1. The first kappa shape index (κ1) is 18.1. The van der Waals surface area contributed by atoms with Crippen LogP contribution in [-0.2, 0) is 11.3 Å². The lowest BCUT2D eigenvalue weighted by molar-refractivity contribution is -0.134. The first-order valence-electron chi connectivity index (χ1n) is 9.21. The minimum Gasteiger partial charge on any atom is -0.497 e. The van der Waals surface area contributed by atoms with Crippen LogP contribution in [0.2, 0.25) is 0 Å². The first-order chi connectivity index (χ1) is 13.6. The third kappa shape index (κ3) is 4.17. The lowest BCUT2D eigenvalue weighted by Gasteiger charge is -2.23.